The Morgan fingerprint density at radius 2 is 1.70 bits per heavy atom. The standard InChI is InChI=1S/C20H22O3/c1-4-22-20(21)19(23-18-8-6-5-7-9-18)14-16-10-12-17(13-11-16)15(2)3/h5-15H,4H2,1-3H3/b19-14-. The Hall–Kier alpha value is -2.55. The first-order chi connectivity index (χ1) is 11.1. The van der Waals surface area contributed by atoms with Gasteiger partial charge in [-0.05, 0) is 42.2 Å². The van der Waals surface area contributed by atoms with Crippen LogP contribution in [-0.4, -0.2) is 12.6 Å². The molecule has 0 bridgehead atoms. The van der Waals surface area contributed by atoms with Crippen molar-refractivity contribution >= 4 is 12.0 Å². The van der Waals surface area contributed by atoms with E-state index in [0.717, 1.165) is 5.56 Å². The summed E-state index contributed by atoms with van der Waals surface area (Å²) in [6.07, 6.45) is 1.70. The third kappa shape index (κ3) is 4.99. The second-order valence-corrected chi connectivity index (χ2v) is 5.47. The maximum Gasteiger partial charge on any atom is 0.374 e. The molecular weight excluding hydrogens is 288 g/mol. The Morgan fingerprint density at radius 3 is 2.26 bits per heavy atom. The van der Waals surface area contributed by atoms with Crippen LogP contribution in [0.25, 0.3) is 6.08 Å². The lowest BCUT2D eigenvalue weighted by Gasteiger charge is -2.10. The Morgan fingerprint density at radius 1 is 1.04 bits per heavy atom. The average Bonchev–Trinajstić information content (AvgIpc) is 2.56. The van der Waals surface area contributed by atoms with Crippen molar-refractivity contribution in [3.8, 4) is 5.75 Å². The summed E-state index contributed by atoms with van der Waals surface area (Å²) in [5, 5.41) is 0. The van der Waals surface area contributed by atoms with Crippen molar-refractivity contribution in [1.29, 1.82) is 0 Å². The second-order valence-electron chi connectivity index (χ2n) is 5.47. The van der Waals surface area contributed by atoms with Crippen molar-refractivity contribution in [1.82, 2.24) is 0 Å². The SMILES string of the molecule is CCOC(=O)/C(=C/c1ccc(C(C)C)cc1)Oc1ccccc1. The first-order valence-corrected chi connectivity index (χ1v) is 7.82. The number of carbonyl (C=O) groups excluding carboxylic acids is 1. The monoisotopic (exact) mass is 310 g/mol. The summed E-state index contributed by atoms with van der Waals surface area (Å²) in [5.41, 5.74) is 2.15. The molecule has 0 aromatic heterocycles. The van der Waals surface area contributed by atoms with Crippen LogP contribution in [0.1, 0.15) is 37.8 Å². The lowest BCUT2D eigenvalue weighted by Crippen LogP contribution is -2.12. The molecule has 0 amide bonds. The summed E-state index contributed by atoms with van der Waals surface area (Å²) in [5.74, 6) is 0.781. The number of hydrogen-bond donors (Lipinski definition) is 0. The van der Waals surface area contributed by atoms with Crippen LogP contribution < -0.4 is 4.74 Å². The number of hydrogen-bond acceptors (Lipinski definition) is 3. The molecule has 0 aliphatic rings. The van der Waals surface area contributed by atoms with E-state index < -0.39 is 5.97 Å². The molecular formula is C20H22O3. The van der Waals surface area contributed by atoms with Crippen LogP contribution in [0.4, 0.5) is 0 Å². The third-order valence-corrected chi connectivity index (χ3v) is 3.35. The second kappa shape index (κ2) is 8.18. The number of benzene rings is 2. The van der Waals surface area contributed by atoms with Gasteiger partial charge in [0.25, 0.3) is 0 Å². The highest BCUT2D eigenvalue weighted by molar-refractivity contribution is 5.92. The van der Waals surface area contributed by atoms with Crippen LogP contribution >= 0.6 is 0 Å². The van der Waals surface area contributed by atoms with Gasteiger partial charge in [0, 0.05) is 0 Å². The molecule has 2 aromatic rings. The van der Waals surface area contributed by atoms with E-state index in [-0.39, 0.29) is 5.76 Å². The van der Waals surface area contributed by atoms with Gasteiger partial charge in [-0.2, -0.15) is 0 Å². The van der Waals surface area contributed by atoms with Gasteiger partial charge in [-0.15, -0.1) is 0 Å². The lowest BCUT2D eigenvalue weighted by molar-refractivity contribution is -0.140. The van der Waals surface area contributed by atoms with E-state index in [2.05, 4.69) is 26.0 Å². The summed E-state index contributed by atoms with van der Waals surface area (Å²) >= 11 is 0. The molecule has 0 aliphatic carbocycles. The quantitative estimate of drug-likeness (QED) is 0.437. The van der Waals surface area contributed by atoms with Crippen molar-refractivity contribution in [2.45, 2.75) is 26.7 Å². The molecule has 0 aliphatic heterocycles. The van der Waals surface area contributed by atoms with Crippen LogP contribution in [0.2, 0.25) is 0 Å². The van der Waals surface area contributed by atoms with E-state index in [1.807, 2.05) is 30.3 Å². The van der Waals surface area contributed by atoms with E-state index in [0.29, 0.717) is 18.3 Å². The molecule has 2 aromatic carbocycles. The highest BCUT2D eigenvalue weighted by Gasteiger charge is 2.13. The third-order valence-electron chi connectivity index (χ3n) is 3.35. The first-order valence-electron chi connectivity index (χ1n) is 7.82. The van der Waals surface area contributed by atoms with Crippen molar-refractivity contribution in [2.75, 3.05) is 6.61 Å². The molecule has 0 spiro atoms. The molecule has 0 heterocycles. The van der Waals surface area contributed by atoms with Gasteiger partial charge in [0.1, 0.15) is 5.75 Å². The fourth-order valence-electron chi connectivity index (χ4n) is 2.08. The molecule has 0 radical (unpaired) electrons. The molecule has 0 N–H and O–H groups in total. The molecule has 3 heteroatoms. The zero-order valence-electron chi connectivity index (χ0n) is 13.8. The average molecular weight is 310 g/mol. The number of ether oxygens (including phenoxy) is 2. The number of carbonyl (C=O) groups is 1. The van der Waals surface area contributed by atoms with E-state index in [9.17, 15) is 4.79 Å². The molecule has 0 atom stereocenters. The lowest BCUT2D eigenvalue weighted by atomic mass is 10.0. The van der Waals surface area contributed by atoms with Gasteiger partial charge in [-0.1, -0.05) is 56.3 Å². The van der Waals surface area contributed by atoms with Gasteiger partial charge in [0.15, 0.2) is 0 Å². The molecule has 0 saturated heterocycles. The minimum absolute atomic E-state index is 0.176. The maximum atomic E-state index is 12.1. The number of esters is 1. The molecule has 0 fully saturated rings. The van der Waals surface area contributed by atoms with Crippen molar-refractivity contribution in [3.63, 3.8) is 0 Å². The van der Waals surface area contributed by atoms with E-state index in [1.54, 1.807) is 25.1 Å². The Kier molecular flexibility index (Phi) is 5.98. The summed E-state index contributed by atoms with van der Waals surface area (Å²) in [4.78, 5) is 12.1. The van der Waals surface area contributed by atoms with Crippen LogP contribution in [0, 0.1) is 0 Å². The normalized spacial score (nSPS) is 11.4. The summed E-state index contributed by atoms with van der Waals surface area (Å²) in [6, 6.07) is 17.3. The highest BCUT2D eigenvalue weighted by atomic mass is 16.6. The van der Waals surface area contributed by atoms with Crippen LogP contribution in [-0.2, 0) is 9.53 Å². The van der Waals surface area contributed by atoms with Crippen molar-refractivity contribution in [2.24, 2.45) is 0 Å². The fourth-order valence-corrected chi connectivity index (χ4v) is 2.08. The Bertz CT molecular complexity index is 655. The predicted octanol–water partition coefficient (Wildman–Crippen LogP) is 4.79. The topological polar surface area (TPSA) is 35.5 Å². The zero-order valence-corrected chi connectivity index (χ0v) is 13.8. The Balaban J connectivity index is 2.26. The van der Waals surface area contributed by atoms with Gasteiger partial charge >= 0.3 is 5.97 Å². The van der Waals surface area contributed by atoms with Crippen LogP contribution in [0.3, 0.4) is 0 Å². The molecule has 0 unspecified atom stereocenters. The van der Waals surface area contributed by atoms with Crippen LogP contribution in [0.15, 0.2) is 60.4 Å². The number of para-hydroxylation sites is 1. The summed E-state index contributed by atoms with van der Waals surface area (Å²) < 4.78 is 10.8. The molecule has 2 rings (SSSR count). The molecule has 3 nitrogen and oxygen atoms in total. The van der Waals surface area contributed by atoms with E-state index >= 15 is 0 Å². The van der Waals surface area contributed by atoms with E-state index in [1.165, 1.54) is 5.56 Å². The minimum atomic E-state index is -0.468. The largest absolute Gasteiger partial charge is 0.460 e. The summed E-state index contributed by atoms with van der Waals surface area (Å²) in [7, 11) is 0. The van der Waals surface area contributed by atoms with Crippen LogP contribution in [0.5, 0.6) is 5.75 Å². The van der Waals surface area contributed by atoms with Gasteiger partial charge in [-0.3, -0.25) is 0 Å². The van der Waals surface area contributed by atoms with Crippen molar-refractivity contribution < 1.29 is 14.3 Å². The minimum Gasteiger partial charge on any atom is -0.460 e. The zero-order chi connectivity index (χ0) is 16.7. The van der Waals surface area contributed by atoms with Gasteiger partial charge in [0.2, 0.25) is 5.76 Å². The fraction of sp³-hybridized carbons (Fsp3) is 0.250. The molecule has 23 heavy (non-hydrogen) atoms. The number of rotatable bonds is 6. The Labute approximate surface area is 137 Å². The predicted molar refractivity (Wildman–Crippen MR) is 92.2 cm³/mol. The van der Waals surface area contributed by atoms with Gasteiger partial charge in [0.05, 0.1) is 6.61 Å². The molecule has 0 saturated carbocycles. The molecule has 120 valence electrons. The first kappa shape index (κ1) is 16.8. The van der Waals surface area contributed by atoms with Crippen molar-refractivity contribution in [3.05, 3.63) is 71.5 Å². The summed E-state index contributed by atoms with van der Waals surface area (Å²) in [6.45, 7) is 6.37. The highest BCUT2D eigenvalue weighted by Crippen LogP contribution is 2.19. The smallest absolute Gasteiger partial charge is 0.374 e. The van der Waals surface area contributed by atoms with E-state index in [4.69, 9.17) is 9.47 Å². The van der Waals surface area contributed by atoms with Gasteiger partial charge < -0.3 is 9.47 Å². The van der Waals surface area contributed by atoms with Gasteiger partial charge in [-0.25, -0.2) is 4.79 Å². The maximum absolute atomic E-state index is 12.1.